The maximum atomic E-state index is 11.2. The first-order valence-corrected chi connectivity index (χ1v) is 5.97. The lowest BCUT2D eigenvalue weighted by atomic mass is 10.1. The van der Waals surface area contributed by atoms with Crippen molar-refractivity contribution in [1.82, 2.24) is 10.6 Å². The molecule has 0 radical (unpaired) electrons. The summed E-state index contributed by atoms with van der Waals surface area (Å²) in [6.07, 6.45) is 6.59. The SMILES string of the molecule is C=CC(=O)NCC(CCCCC)NC(=O)C=C. The summed E-state index contributed by atoms with van der Waals surface area (Å²) in [6, 6.07) is -0.0454. The maximum Gasteiger partial charge on any atom is 0.243 e. The fraction of sp³-hybridized carbons (Fsp3) is 0.538. The van der Waals surface area contributed by atoms with E-state index in [1.54, 1.807) is 0 Å². The number of carbonyl (C=O) groups excluding carboxylic acids is 2. The number of unbranched alkanes of at least 4 members (excludes halogenated alkanes) is 2. The van der Waals surface area contributed by atoms with Gasteiger partial charge in [0.2, 0.25) is 11.8 Å². The maximum absolute atomic E-state index is 11.2. The summed E-state index contributed by atoms with van der Waals surface area (Å²) in [5.74, 6) is -0.433. The first kappa shape index (κ1) is 15.4. The molecule has 0 saturated heterocycles. The predicted octanol–water partition coefficient (Wildman–Crippen LogP) is 1.54. The van der Waals surface area contributed by atoms with E-state index in [0.717, 1.165) is 25.7 Å². The molecule has 4 heteroatoms. The number of nitrogens with one attached hydrogen (secondary N) is 2. The van der Waals surface area contributed by atoms with Crippen LogP contribution in [0.25, 0.3) is 0 Å². The van der Waals surface area contributed by atoms with Gasteiger partial charge in [0.05, 0.1) is 0 Å². The van der Waals surface area contributed by atoms with E-state index in [9.17, 15) is 9.59 Å². The molecule has 0 aromatic rings. The van der Waals surface area contributed by atoms with E-state index in [1.807, 2.05) is 0 Å². The van der Waals surface area contributed by atoms with Gasteiger partial charge in [-0.05, 0) is 18.6 Å². The predicted molar refractivity (Wildman–Crippen MR) is 69.5 cm³/mol. The van der Waals surface area contributed by atoms with Gasteiger partial charge in [-0.3, -0.25) is 9.59 Å². The van der Waals surface area contributed by atoms with Crippen LogP contribution in [-0.4, -0.2) is 24.4 Å². The average molecular weight is 238 g/mol. The summed E-state index contributed by atoms with van der Waals surface area (Å²) in [7, 11) is 0. The number of amides is 2. The highest BCUT2D eigenvalue weighted by Crippen LogP contribution is 2.03. The van der Waals surface area contributed by atoms with Gasteiger partial charge in [0.25, 0.3) is 0 Å². The minimum absolute atomic E-state index is 0.0454. The Bertz CT molecular complexity index is 275. The molecule has 2 amide bonds. The van der Waals surface area contributed by atoms with E-state index >= 15 is 0 Å². The molecule has 0 aliphatic rings. The Kier molecular flexibility index (Phi) is 8.74. The number of carbonyl (C=O) groups is 2. The Balaban J connectivity index is 4.08. The molecule has 96 valence electrons. The highest BCUT2D eigenvalue weighted by Gasteiger charge is 2.10. The van der Waals surface area contributed by atoms with Crippen LogP contribution >= 0.6 is 0 Å². The van der Waals surface area contributed by atoms with Crippen molar-refractivity contribution < 1.29 is 9.59 Å². The van der Waals surface area contributed by atoms with Crippen molar-refractivity contribution in [3.63, 3.8) is 0 Å². The van der Waals surface area contributed by atoms with Crippen LogP contribution in [0.15, 0.2) is 25.3 Å². The fourth-order valence-corrected chi connectivity index (χ4v) is 1.42. The first-order chi connectivity index (χ1) is 8.13. The van der Waals surface area contributed by atoms with Gasteiger partial charge in [0.1, 0.15) is 0 Å². The molecule has 1 atom stereocenters. The second-order valence-corrected chi connectivity index (χ2v) is 3.85. The van der Waals surface area contributed by atoms with Crippen LogP contribution in [0.1, 0.15) is 32.6 Å². The largest absolute Gasteiger partial charge is 0.351 e. The molecule has 0 aliphatic heterocycles. The van der Waals surface area contributed by atoms with Crippen LogP contribution in [0.4, 0.5) is 0 Å². The summed E-state index contributed by atoms with van der Waals surface area (Å²) < 4.78 is 0. The van der Waals surface area contributed by atoms with Crippen LogP contribution in [-0.2, 0) is 9.59 Å². The van der Waals surface area contributed by atoms with E-state index in [2.05, 4.69) is 30.7 Å². The second-order valence-electron chi connectivity index (χ2n) is 3.85. The second kappa shape index (κ2) is 9.63. The van der Waals surface area contributed by atoms with Crippen LogP contribution in [0.5, 0.6) is 0 Å². The Morgan fingerprint density at radius 1 is 1.18 bits per heavy atom. The fourth-order valence-electron chi connectivity index (χ4n) is 1.42. The molecule has 2 N–H and O–H groups in total. The molecule has 4 nitrogen and oxygen atoms in total. The quantitative estimate of drug-likeness (QED) is 0.473. The third kappa shape index (κ3) is 8.25. The number of hydrogen-bond donors (Lipinski definition) is 2. The Hall–Kier alpha value is -1.58. The van der Waals surface area contributed by atoms with Gasteiger partial charge in [-0.2, -0.15) is 0 Å². The van der Waals surface area contributed by atoms with Crippen LogP contribution in [0, 0.1) is 0 Å². The summed E-state index contributed by atoms with van der Waals surface area (Å²) >= 11 is 0. The lowest BCUT2D eigenvalue weighted by molar-refractivity contribution is -0.119. The van der Waals surface area contributed by atoms with Crippen molar-refractivity contribution in [2.24, 2.45) is 0 Å². The summed E-state index contributed by atoms with van der Waals surface area (Å²) in [4.78, 5) is 22.2. The molecule has 0 aromatic heterocycles. The standard InChI is InChI=1S/C13H22N2O2/c1-4-7-8-9-11(15-13(17)6-3)10-14-12(16)5-2/h5-6,11H,2-4,7-10H2,1H3,(H,14,16)(H,15,17). The van der Waals surface area contributed by atoms with E-state index in [4.69, 9.17) is 0 Å². The summed E-state index contributed by atoms with van der Waals surface area (Å²) in [5.41, 5.74) is 0. The zero-order chi connectivity index (χ0) is 13.1. The van der Waals surface area contributed by atoms with E-state index in [1.165, 1.54) is 12.2 Å². The van der Waals surface area contributed by atoms with Crippen LogP contribution < -0.4 is 10.6 Å². The molecular formula is C13H22N2O2. The van der Waals surface area contributed by atoms with Crippen molar-refractivity contribution in [2.75, 3.05) is 6.54 Å². The van der Waals surface area contributed by atoms with E-state index < -0.39 is 0 Å². The van der Waals surface area contributed by atoms with E-state index in [-0.39, 0.29) is 17.9 Å². The number of rotatable bonds is 9. The molecule has 0 fully saturated rings. The molecule has 0 spiro atoms. The topological polar surface area (TPSA) is 58.2 Å². The first-order valence-electron chi connectivity index (χ1n) is 5.97. The minimum atomic E-state index is -0.224. The molecule has 1 unspecified atom stereocenters. The molecule has 17 heavy (non-hydrogen) atoms. The molecule has 0 heterocycles. The van der Waals surface area contributed by atoms with E-state index in [0.29, 0.717) is 6.54 Å². The molecule has 0 saturated carbocycles. The average Bonchev–Trinajstić information content (AvgIpc) is 2.35. The van der Waals surface area contributed by atoms with Gasteiger partial charge >= 0.3 is 0 Å². The highest BCUT2D eigenvalue weighted by molar-refractivity contribution is 5.88. The molecule has 0 rings (SSSR count). The van der Waals surface area contributed by atoms with Crippen LogP contribution in [0.2, 0.25) is 0 Å². The summed E-state index contributed by atoms with van der Waals surface area (Å²) in [6.45, 7) is 9.33. The lowest BCUT2D eigenvalue weighted by Gasteiger charge is -2.18. The molecule has 0 aliphatic carbocycles. The lowest BCUT2D eigenvalue weighted by Crippen LogP contribution is -2.42. The van der Waals surface area contributed by atoms with Crippen molar-refractivity contribution in [3.8, 4) is 0 Å². The van der Waals surface area contributed by atoms with Crippen molar-refractivity contribution in [1.29, 1.82) is 0 Å². The minimum Gasteiger partial charge on any atom is -0.351 e. The normalized spacial score (nSPS) is 11.4. The van der Waals surface area contributed by atoms with Crippen molar-refractivity contribution in [3.05, 3.63) is 25.3 Å². The molecule has 0 aromatic carbocycles. The van der Waals surface area contributed by atoms with Gasteiger partial charge in [0, 0.05) is 12.6 Å². The Morgan fingerprint density at radius 3 is 2.35 bits per heavy atom. The Morgan fingerprint density at radius 2 is 1.82 bits per heavy atom. The monoisotopic (exact) mass is 238 g/mol. The van der Waals surface area contributed by atoms with Gasteiger partial charge < -0.3 is 10.6 Å². The zero-order valence-corrected chi connectivity index (χ0v) is 10.5. The summed E-state index contributed by atoms with van der Waals surface area (Å²) in [5, 5.41) is 5.48. The van der Waals surface area contributed by atoms with Gasteiger partial charge in [-0.1, -0.05) is 39.3 Å². The van der Waals surface area contributed by atoms with Crippen LogP contribution in [0.3, 0.4) is 0 Å². The van der Waals surface area contributed by atoms with Gasteiger partial charge in [-0.25, -0.2) is 0 Å². The van der Waals surface area contributed by atoms with Gasteiger partial charge in [-0.15, -0.1) is 0 Å². The smallest absolute Gasteiger partial charge is 0.243 e. The third-order valence-electron chi connectivity index (χ3n) is 2.40. The Labute approximate surface area is 103 Å². The molecule has 0 bridgehead atoms. The van der Waals surface area contributed by atoms with Gasteiger partial charge in [0.15, 0.2) is 0 Å². The van der Waals surface area contributed by atoms with Crippen molar-refractivity contribution in [2.45, 2.75) is 38.6 Å². The van der Waals surface area contributed by atoms with Crippen molar-refractivity contribution >= 4 is 11.8 Å². The number of hydrogen-bond acceptors (Lipinski definition) is 2. The highest BCUT2D eigenvalue weighted by atomic mass is 16.2. The zero-order valence-electron chi connectivity index (χ0n) is 10.5. The molecular weight excluding hydrogens is 216 g/mol. The third-order valence-corrected chi connectivity index (χ3v) is 2.40.